The topological polar surface area (TPSA) is 98.9 Å². The van der Waals surface area contributed by atoms with Gasteiger partial charge in [-0.25, -0.2) is 4.99 Å². The normalized spacial score (nSPS) is 13.7. The van der Waals surface area contributed by atoms with Crippen molar-refractivity contribution >= 4 is 35.8 Å². The second kappa shape index (κ2) is 11.4. The van der Waals surface area contributed by atoms with Gasteiger partial charge in [-0.2, -0.15) is 0 Å². The number of aliphatic imine (C=N–C) groups is 1. The number of furan rings is 1. The number of guanidine groups is 1. The molecule has 0 radical (unpaired) electrons. The van der Waals surface area contributed by atoms with Crippen LogP contribution in [0.5, 0.6) is 0 Å². The number of hydrogen-bond donors (Lipinski definition) is 4. The molecule has 1 heterocycles. The molecule has 1 aromatic carbocycles. The fourth-order valence-electron chi connectivity index (χ4n) is 2.66. The Morgan fingerprint density at radius 1 is 1.13 bits per heavy atom. The van der Waals surface area contributed by atoms with Crippen molar-refractivity contribution in [1.82, 2.24) is 16.0 Å². The van der Waals surface area contributed by atoms with E-state index in [0.717, 1.165) is 5.56 Å². The molecule has 0 aliphatic rings. The van der Waals surface area contributed by atoms with Crippen molar-refractivity contribution in [2.75, 3.05) is 13.1 Å². The van der Waals surface area contributed by atoms with Crippen LogP contribution in [0.4, 0.5) is 0 Å². The van der Waals surface area contributed by atoms with E-state index in [9.17, 15) is 9.90 Å². The SMILES string of the molecule is CCNC(=NCc1cccc(C(=O)NC(C)(C)C)c1)NCC(C)(O)c1ccco1.I. The number of rotatable bonds is 7. The van der Waals surface area contributed by atoms with E-state index < -0.39 is 5.60 Å². The van der Waals surface area contributed by atoms with Crippen LogP contribution in [-0.4, -0.2) is 35.6 Å². The molecule has 0 aliphatic carbocycles. The lowest BCUT2D eigenvalue weighted by molar-refractivity contribution is 0.0386. The second-order valence-electron chi connectivity index (χ2n) is 8.20. The van der Waals surface area contributed by atoms with Crippen molar-refractivity contribution in [3.63, 3.8) is 0 Å². The lowest BCUT2D eigenvalue weighted by Crippen LogP contribution is -2.44. The highest BCUT2D eigenvalue weighted by molar-refractivity contribution is 14.0. The van der Waals surface area contributed by atoms with Crippen molar-refractivity contribution in [3.8, 4) is 0 Å². The van der Waals surface area contributed by atoms with E-state index in [-0.39, 0.29) is 42.0 Å². The van der Waals surface area contributed by atoms with Gasteiger partial charge in [-0.05, 0) is 64.4 Å². The molecule has 4 N–H and O–H groups in total. The lowest BCUT2D eigenvalue weighted by atomic mass is 10.0. The first kappa shape index (κ1) is 26.0. The smallest absolute Gasteiger partial charge is 0.251 e. The standard InChI is InChI=1S/C22H32N4O3.HI/c1-6-23-20(25-15-22(5,28)18-11-8-12-29-18)24-14-16-9-7-10-17(13-16)19(27)26-21(2,3)4;/h7-13,28H,6,14-15H2,1-5H3,(H,26,27)(H2,23,24,25);1H. The summed E-state index contributed by atoms with van der Waals surface area (Å²) in [5.41, 5.74) is 0.0658. The minimum Gasteiger partial charge on any atom is -0.466 e. The number of aliphatic hydroxyl groups is 1. The first-order chi connectivity index (χ1) is 13.6. The van der Waals surface area contributed by atoms with Crippen LogP contribution in [-0.2, 0) is 12.1 Å². The molecule has 8 heteroatoms. The summed E-state index contributed by atoms with van der Waals surface area (Å²) in [5, 5.41) is 19.8. The Bertz CT molecular complexity index is 827. The van der Waals surface area contributed by atoms with E-state index in [2.05, 4.69) is 20.9 Å². The van der Waals surface area contributed by atoms with Gasteiger partial charge in [0, 0.05) is 17.6 Å². The summed E-state index contributed by atoms with van der Waals surface area (Å²) >= 11 is 0. The van der Waals surface area contributed by atoms with Gasteiger partial charge in [0.2, 0.25) is 0 Å². The number of carbonyl (C=O) groups is 1. The zero-order valence-corrected chi connectivity index (χ0v) is 20.6. The molecule has 7 nitrogen and oxygen atoms in total. The summed E-state index contributed by atoms with van der Waals surface area (Å²) in [4.78, 5) is 16.9. The molecule has 166 valence electrons. The second-order valence-corrected chi connectivity index (χ2v) is 8.20. The Kier molecular flexibility index (Phi) is 9.83. The van der Waals surface area contributed by atoms with E-state index in [4.69, 9.17) is 4.42 Å². The summed E-state index contributed by atoms with van der Waals surface area (Å²) in [6, 6.07) is 10.9. The minimum absolute atomic E-state index is 0. The molecule has 0 saturated heterocycles. The molecule has 1 atom stereocenters. The van der Waals surface area contributed by atoms with Gasteiger partial charge < -0.3 is 25.5 Å². The van der Waals surface area contributed by atoms with E-state index in [1.807, 2.05) is 45.9 Å². The molecule has 0 bridgehead atoms. The fraction of sp³-hybridized carbons (Fsp3) is 0.455. The van der Waals surface area contributed by atoms with Gasteiger partial charge in [0.1, 0.15) is 11.4 Å². The van der Waals surface area contributed by atoms with Crippen LogP contribution < -0.4 is 16.0 Å². The number of nitrogens with zero attached hydrogens (tertiary/aromatic N) is 1. The van der Waals surface area contributed by atoms with Gasteiger partial charge in [-0.15, -0.1) is 24.0 Å². The molecule has 0 fully saturated rings. The Hall–Kier alpha value is -2.07. The number of hydrogen-bond acceptors (Lipinski definition) is 4. The monoisotopic (exact) mass is 528 g/mol. The Morgan fingerprint density at radius 3 is 2.47 bits per heavy atom. The first-order valence-corrected chi connectivity index (χ1v) is 9.81. The predicted octanol–water partition coefficient (Wildman–Crippen LogP) is 3.39. The quantitative estimate of drug-likeness (QED) is 0.251. The number of amides is 1. The molecule has 0 spiro atoms. The van der Waals surface area contributed by atoms with Crippen LogP contribution >= 0.6 is 24.0 Å². The average molecular weight is 528 g/mol. The van der Waals surface area contributed by atoms with Gasteiger partial charge in [-0.1, -0.05) is 12.1 Å². The maximum atomic E-state index is 12.4. The van der Waals surface area contributed by atoms with Crippen molar-refractivity contribution in [3.05, 3.63) is 59.5 Å². The number of carbonyl (C=O) groups excluding carboxylic acids is 1. The zero-order chi connectivity index (χ0) is 21.5. The van der Waals surface area contributed by atoms with Crippen LogP contribution in [0.1, 0.15) is 56.3 Å². The number of benzene rings is 1. The highest BCUT2D eigenvalue weighted by atomic mass is 127. The van der Waals surface area contributed by atoms with Gasteiger partial charge in [0.15, 0.2) is 5.96 Å². The third-order valence-corrected chi connectivity index (χ3v) is 4.09. The highest BCUT2D eigenvalue weighted by Gasteiger charge is 2.26. The molecule has 0 aliphatic heterocycles. The summed E-state index contributed by atoms with van der Waals surface area (Å²) < 4.78 is 5.30. The predicted molar refractivity (Wildman–Crippen MR) is 130 cm³/mol. The molecule has 0 saturated carbocycles. The summed E-state index contributed by atoms with van der Waals surface area (Å²) in [5.74, 6) is 0.949. The van der Waals surface area contributed by atoms with Crippen LogP contribution in [0.25, 0.3) is 0 Å². The summed E-state index contributed by atoms with van der Waals surface area (Å²) in [6.45, 7) is 10.8. The van der Waals surface area contributed by atoms with Crippen LogP contribution in [0.2, 0.25) is 0 Å². The highest BCUT2D eigenvalue weighted by Crippen LogP contribution is 2.19. The Labute approximate surface area is 195 Å². The minimum atomic E-state index is -1.16. The Balaban J connectivity index is 0.00000450. The van der Waals surface area contributed by atoms with E-state index >= 15 is 0 Å². The Morgan fingerprint density at radius 2 is 1.87 bits per heavy atom. The van der Waals surface area contributed by atoms with Crippen LogP contribution in [0.3, 0.4) is 0 Å². The molecular weight excluding hydrogens is 495 g/mol. The van der Waals surface area contributed by atoms with E-state index in [1.165, 1.54) is 6.26 Å². The summed E-state index contributed by atoms with van der Waals surface area (Å²) in [7, 11) is 0. The van der Waals surface area contributed by atoms with Crippen molar-refractivity contribution in [1.29, 1.82) is 0 Å². The van der Waals surface area contributed by atoms with Crippen LogP contribution in [0.15, 0.2) is 52.1 Å². The summed E-state index contributed by atoms with van der Waals surface area (Å²) in [6.07, 6.45) is 1.53. The first-order valence-electron chi connectivity index (χ1n) is 9.81. The largest absolute Gasteiger partial charge is 0.466 e. The van der Waals surface area contributed by atoms with Crippen LogP contribution in [0, 0.1) is 0 Å². The van der Waals surface area contributed by atoms with Gasteiger partial charge >= 0.3 is 0 Å². The molecule has 1 aromatic heterocycles. The van der Waals surface area contributed by atoms with Gasteiger partial charge in [-0.3, -0.25) is 4.79 Å². The van der Waals surface area contributed by atoms with E-state index in [0.29, 0.717) is 30.4 Å². The van der Waals surface area contributed by atoms with Crippen molar-refractivity contribution < 1.29 is 14.3 Å². The molecular formula is C22H33IN4O3. The number of nitrogens with one attached hydrogen (secondary N) is 3. The van der Waals surface area contributed by atoms with Gasteiger partial charge in [0.05, 0.1) is 19.4 Å². The molecule has 1 amide bonds. The molecule has 2 rings (SSSR count). The maximum Gasteiger partial charge on any atom is 0.251 e. The zero-order valence-electron chi connectivity index (χ0n) is 18.3. The fourth-order valence-corrected chi connectivity index (χ4v) is 2.66. The molecule has 1 unspecified atom stereocenters. The molecule has 2 aromatic rings. The van der Waals surface area contributed by atoms with Crippen molar-refractivity contribution in [2.45, 2.75) is 52.3 Å². The lowest BCUT2D eigenvalue weighted by Gasteiger charge is -2.22. The average Bonchev–Trinajstić information content (AvgIpc) is 3.19. The maximum absolute atomic E-state index is 12.4. The third kappa shape index (κ3) is 8.35. The third-order valence-electron chi connectivity index (χ3n) is 4.09. The van der Waals surface area contributed by atoms with E-state index in [1.54, 1.807) is 25.1 Å². The van der Waals surface area contributed by atoms with Gasteiger partial charge in [0.25, 0.3) is 5.91 Å². The number of halogens is 1. The molecule has 30 heavy (non-hydrogen) atoms. The van der Waals surface area contributed by atoms with Crippen molar-refractivity contribution in [2.24, 2.45) is 4.99 Å².